The average molecular weight is 574 g/mol. The number of fused-ring (bicyclic) bond motifs is 1. The van der Waals surface area contributed by atoms with E-state index in [4.69, 9.17) is 4.74 Å². The third-order valence-electron chi connectivity index (χ3n) is 7.78. The second-order valence-corrected chi connectivity index (χ2v) is 10.2. The van der Waals surface area contributed by atoms with Gasteiger partial charge in [-0.3, -0.25) is 9.59 Å². The molecule has 2 fully saturated rings. The number of carbonyl (C=O) groups excluding carboxylic acids is 3. The second-order valence-electron chi connectivity index (χ2n) is 10.2. The summed E-state index contributed by atoms with van der Waals surface area (Å²) in [5, 5.41) is 15.5. The largest absolute Gasteiger partial charge is 0.465 e. The number of hydrogen-bond donors (Lipinski definition) is 2. The minimum Gasteiger partial charge on any atom is -0.465 e. The molecule has 2 aliphatic rings. The summed E-state index contributed by atoms with van der Waals surface area (Å²) < 4.78 is 48.6. The van der Waals surface area contributed by atoms with Crippen LogP contribution in [0.5, 0.6) is 0 Å². The molecule has 0 spiro atoms. The zero-order valence-electron chi connectivity index (χ0n) is 21.8. The summed E-state index contributed by atoms with van der Waals surface area (Å²) in [4.78, 5) is 55.9. The van der Waals surface area contributed by atoms with Gasteiger partial charge in [-0.1, -0.05) is 12.1 Å². The number of pyridine rings is 1. The van der Waals surface area contributed by atoms with Crippen LogP contribution in [-0.2, 0) is 19.7 Å². The van der Waals surface area contributed by atoms with Crippen molar-refractivity contribution in [1.29, 1.82) is 0 Å². The first-order valence-electron chi connectivity index (χ1n) is 12.8. The number of halogens is 3. The van der Waals surface area contributed by atoms with E-state index in [0.29, 0.717) is 10.2 Å². The predicted molar refractivity (Wildman–Crippen MR) is 137 cm³/mol. The van der Waals surface area contributed by atoms with Gasteiger partial charge >= 0.3 is 12.1 Å². The van der Waals surface area contributed by atoms with Gasteiger partial charge in [-0.25, -0.2) is 27.7 Å². The number of alkyl halides is 3. The fourth-order valence-electron chi connectivity index (χ4n) is 5.59. The number of aromatic nitrogens is 3. The molecular formula is C27H26F3N5O6. The third kappa shape index (κ3) is 5.21. The normalized spacial score (nSPS) is 21.4. The highest BCUT2D eigenvalue weighted by Gasteiger charge is 2.53. The van der Waals surface area contributed by atoms with Crippen molar-refractivity contribution in [2.24, 2.45) is 0 Å². The van der Waals surface area contributed by atoms with Crippen LogP contribution in [0.1, 0.15) is 48.0 Å². The summed E-state index contributed by atoms with van der Waals surface area (Å²) >= 11 is 0. The van der Waals surface area contributed by atoms with E-state index in [1.54, 1.807) is 0 Å². The van der Waals surface area contributed by atoms with Crippen LogP contribution < -0.4 is 5.32 Å². The maximum Gasteiger partial charge on any atom is 0.432 e. The smallest absolute Gasteiger partial charge is 0.432 e. The molecule has 1 aliphatic heterocycles. The monoisotopic (exact) mass is 573 g/mol. The summed E-state index contributed by atoms with van der Waals surface area (Å²) in [5.41, 5.74) is -0.492. The number of esters is 1. The number of rotatable bonds is 5. The first-order chi connectivity index (χ1) is 19.4. The Balaban J connectivity index is 1.43. The van der Waals surface area contributed by atoms with Crippen molar-refractivity contribution in [3.05, 3.63) is 53.7 Å². The van der Waals surface area contributed by atoms with Gasteiger partial charge in [0.15, 0.2) is 0 Å². The highest BCUT2D eigenvalue weighted by Crippen LogP contribution is 2.47. The molecule has 0 unspecified atom stereocenters. The standard InChI is InChI=1S/C27H26F3N5O6/c1-41-23(37)15-2-4-16(5-3-15)26(8-10-27(29,30)11-9-26)24(38)34-14-17(28)12-20(34)22(36)33-21-7-6-19-18(32-21)13-31-35(19)25(39)40/h2-7,13,17,20H,8-12,14H2,1H3,(H,39,40)(H,32,33,36)/t17-,20-/m1/s1. The molecular weight excluding hydrogens is 547 g/mol. The average Bonchev–Trinajstić information content (AvgIpc) is 3.56. The van der Waals surface area contributed by atoms with E-state index in [0.717, 1.165) is 4.90 Å². The van der Waals surface area contributed by atoms with Gasteiger partial charge in [0.05, 0.1) is 36.3 Å². The molecule has 3 aromatic rings. The lowest BCUT2D eigenvalue weighted by atomic mass is 9.67. The van der Waals surface area contributed by atoms with Gasteiger partial charge in [0.25, 0.3) is 0 Å². The van der Waals surface area contributed by atoms with Gasteiger partial charge in [0, 0.05) is 19.3 Å². The van der Waals surface area contributed by atoms with Gasteiger partial charge in [0.1, 0.15) is 23.5 Å². The van der Waals surface area contributed by atoms with Crippen molar-refractivity contribution in [3.8, 4) is 0 Å². The van der Waals surface area contributed by atoms with Crippen molar-refractivity contribution in [3.63, 3.8) is 0 Å². The molecule has 1 saturated heterocycles. The predicted octanol–water partition coefficient (Wildman–Crippen LogP) is 3.77. The Kier molecular flexibility index (Phi) is 7.17. The number of ether oxygens (including phenoxy) is 1. The fourth-order valence-corrected chi connectivity index (χ4v) is 5.59. The summed E-state index contributed by atoms with van der Waals surface area (Å²) in [6, 6.07) is 7.37. The van der Waals surface area contributed by atoms with Crippen LogP contribution in [0.4, 0.5) is 23.8 Å². The topological polar surface area (TPSA) is 144 Å². The van der Waals surface area contributed by atoms with Gasteiger partial charge in [-0.05, 0) is 42.7 Å². The second kappa shape index (κ2) is 10.5. The molecule has 2 aromatic heterocycles. The highest BCUT2D eigenvalue weighted by atomic mass is 19.3. The number of methoxy groups -OCH3 is 1. The molecule has 0 bridgehead atoms. The van der Waals surface area contributed by atoms with Gasteiger partial charge in [-0.2, -0.15) is 9.78 Å². The molecule has 11 nitrogen and oxygen atoms in total. The maximum atomic E-state index is 14.7. The van der Waals surface area contributed by atoms with Crippen LogP contribution in [-0.4, -0.2) is 80.4 Å². The van der Waals surface area contributed by atoms with Gasteiger partial charge in [0.2, 0.25) is 17.7 Å². The molecule has 216 valence electrons. The Morgan fingerprint density at radius 2 is 1.73 bits per heavy atom. The maximum absolute atomic E-state index is 14.7. The lowest BCUT2D eigenvalue weighted by Crippen LogP contribution is -2.54. The van der Waals surface area contributed by atoms with E-state index in [-0.39, 0.29) is 41.7 Å². The van der Waals surface area contributed by atoms with Crippen molar-refractivity contribution < 1.29 is 42.2 Å². The summed E-state index contributed by atoms with van der Waals surface area (Å²) in [6.07, 6.45) is -3.55. The zero-order valence-corrected chi connectivity index (χ0v) is 21.8. The highest BCUT2D eigenvalue weighted by molar-refractivity contribution is 6.00. The fraction of sp³-hybridized carbons (Fsp3) is 0.407. The number of carboxylic acid groups (broad SMARTS) is 1. The van der Waals surface area contributed by atoms with Crippen LogP contribution in [0.3, 0.4) is 0 Å². The summed E-state index contributed by atoms with van der Waals surface area (Å²) in [5.74, 6) is -4.92. The molecule has 2 amide bonds. The minimum atomic E-state index is -2.97. The molecule has 1 aliphatic carbocycles. The zero-order chi connectivity index (χ0) is 29.5. The number of hydrogen-bond acceptors (Lipinski definition) is 7. The van der Waals surface area contributed by atoms with Gasteiger partial charge < -0.3 is 20.1 Å². The molecule has 2 atom stereocenters. The number of likely N-dealkylation sites (tertiary alicyclic amines) is 1. The lowest BCUT2D eigenvalue weighted by Gasteiger charge is -2.42. The molecule has 5 rings (SSSR count). The Labute approximate surface area is 231 Å². The first kappa shape index (κ1) is 28.1. The third-order valence-corrected chi connectivity index (χ3v) is 7.78. The Morgan fingerprint density at radius 3 is 2.37 bits per heavy atom. The molecule has 1 aromatic carbocycles. The van der Waals surface area contributed by atoms with E-state index in [1.165, 1.54) is 49.7 Å². The Morgan fingerprint density at radius 1 is 1.05 bits per heavy atom. The van der Waals surface area contributed by atoms with Crippen molar-refractivity contribution in [2.75, 3.05) is 19.0 Å². The van der Waals surface area contributed by atoms with E-state index in [9.17, 15) is 37.5 Å². The van der Waals surface area contributed by atoms with Crippen LogP contribution in [0.15, 0.2) is 42.6 Å². The van der Waals surface area contributed by atoms with Crippen LogP contribution in [0.2, 0.25) is 0 Å². The Bertz CT molecular complexity index is 1520. The van der Waals surface area contributed by atoms with Crippen molar-refractivity contribution in [2.45, 2.75) is 55.7 Å². The van der Waals surface area contributed by atoms with E-state index < -0.39 is 66.8 Å². The van der Waals surface area contributed by atoms with Crippen molar-refractivity contribution in [1.82, 2.24) is 19.7 Å². The molecule has 3 heterocycles. The van der Waals surface area contributed by atoms with Crippen LogP contribution in [0.25, 0.3) is 11.0 Å². The van der Waals surface area contributed by atoms with Crippen LogP contribution in [0, 0.1) is 0 Å². The van der Waals surface area contributed by atoms with E-state index in [2.05, 4.69) is 15.4 Å². The number of nitrogens with zero attached hydrogens (tertiary/aromatic N) is 4. The molecule has 14 heteroatoms. The molecule has 41 heavy (non-hydrogen) atoms. The van der Waals surface area contributed by atoms with E-state index >= 15 is 0 Å². The number of anilines is 1. The van der Waals surface area contributed by atoms with Gasteiger partial charge in [-0.15, -0.1) is 0 Å². The number of amides is 2. The number of carbonyl (C=O) groups is 4. The first-order valence-corrected chi connectivity index (χ1v) is 12.8. The SMILES string of the molecule is COC(=O)c1ccc(C2(C(=O)N3C[C@H](F)C[C@@H]3C(=O)Nc3ccc4c(cnn4C(=O)O)n3)CCC(F)(F)CC2)cc1. The molecule has 1 saturated carbocycles. The Hall–Kier alpha value is -4.49. The molecule has 0 radical (unpaired) electrons. The minimum absolute atomic E-state index is 0.0348. The number of nitrogens with one attached hydrogen (secondary N) is 1. The molecule has 2 N–H and O–H groups in total. The number of benzene rings is 1. The summed E-state index contributed by atoms with van der Waals surface area (Å²) in [7, 11) is 1.22. The lowest BCUT2D eigenvalue weighted by molar-refractivity contribution is -0.146. The van der Waals surface area contributed by atoms with E-state index in [1.807, 2.05) is 0 Å². The summed E-state index contributed by atoms with van der Waals surface area (Å²) in [6.45, 7) is -0.396. The van der Waals surface area contributed by atoms with Crippen LogP contribution >= 0.6 is 0 Å². The quantitative estimate of drug-likeness (QED) is 0.439. The van der Waals surface area contributed by atoms with Crippen molar-refractivity contribution >= 4 is 40.7 Å².